The monoisotopic (exact) mass is 510 g/mol. The van der Waals surface area contributed by atoms with Gasteiger partial charge in [0, 0.05) is 22.7 Å². The molecule has 0 fully saturated rings. The van der Waals surface area contributed by atoms with Crippen molar-refractivity contribution in [2.24, 2.45) is 0 Å². The van der Waals surface area contributed by atoms with Gasteiger partial charge in [0.25, 0.3) is 17.2 Å². The minimum atomic E-state index is -4.80. The van der Waals surface area contributed by atoms with Gasteiger partial charge in [0.15, 0.2) is 0 Å². The summed E-state index contributed by atoms with van der Waals surface area (Å²) >= 11 is 3.28. The van der Waals surface area contributed by atoms with Crippen molar-refractivity contribution in [3.63, 3.8) is 0 Å². The van der Waals surface area contributed by atoms with Crippen molar-refractivity contribution in [1.29, 1.82) is 0 Å². The molecule has 1 N–H and O–H groups in total. The van der Waals surface area contributed by atoms with Crippen LogP contribution < -0.4 is 10.9 Å². The lowest BCUT2D eigenvalue weighted by molar-refractivity contribution is -0.385. The Balaban J connectivity index is 1.91. The largest absolute Gasteiger partial charge is 0.416 e. The highest BCUT2D eigenvalue weighted by Crippen LogP contribution is 2.34. The Kier molecular flexibility index (Phi) is 6.44. The second-order valence-electron chi connectivity index (χ2n) is 6.71. The van der Waals surface area contributed by atoms with E-state index < -0.39 is 39.9 Å². The topological polar surface area (TPSA) is 107 Å². The van der Waals surface area contributed by atoms with Crippen LogP contribution in [0, 0.1) is 10.1 Å². The second kappa shape index (κ2) is 8.91. The number of carbonyl (C=O) groups excluding carboxylic acids is 1. The zero-order chi connectivity index (χ0) is 23.6. The number of amides is 1. The first kappa shape index (κ1) is 23.1. The Bertz CT molecular complexity index is 1260. The summed E-state index contributed by atoms with van der Waals surface area (Å²) < 4.78 is 41.0. The van der Waals surface area contributed by atoms with Gasteiger partial charge in [0.1, 0.15) is 5.69 Å². The van der Waals surface area contributed by atoms with Crippen LogP contribution in [0.4, 0.5) is 18.9 Å². The van der Waals surface area contributed by atoms with E-state index in [0.717, 1.165) is 22.9 Å². The van der Waals surface area contributed by atoms with Gasteiger partial charge in [0.05, 0.1) is 22.2 Å². The number of nitro benzene ring substituents is 1. The number of non-ortho nitro benzene ring substituents is 1. The molecule has 3 aromatic rings. The summed E-state index contributed by atoms with van der Waals surface area (Å²) in [6.45, 7) is 1.38. The van der Waals surface area contributed by atoms with Crippen molar-refractivity contribution >= 4 is 27.5 Å². The zero-order valence-corrected chi connectivity index (χ0v) is 17.8. The van der Waals surface area contributed by atoms with E-state index in [0.29, 0.717) is 16.2 Å². The normalized spacial score (nSPS) is 12.3. The molecule has 1 aromatic heterocycles. The van der Waals surface area contributed by atoms with Crippen LogP contribution in [0.3, 0.4) is 0 Å². The molecule has 12 heteroatoms. The van der Waals surface area contributed by atoms with Crippen molar-refractivity contribution in [2.45, 2.75) is 19.1 Å². The van der Waals surface area contributed by atoms with Gasteiger partial charge in [-0.2, -0.15) is 23.0 Å². The smallest absolute Gasteiger partial charge is 0.344 e. The van der Waals surface area contributed by atoms with E-state index in [4.69, 9.17) is 0 Å². The number of benzene rings is 2. The van der Waals surface area contributed by atoms with E-state index in [9.17, 15) is 32.9 Å². The van der Waals surface area contributed by atoms with Crippen molar-refractivity contribution in [2.75, 3.05) is 0 Å². The maximum absolute atomic E-state index is 13.1. The molecule has 0 aliphatic rings. The van der Waals surface area contributed by atoms with Gasteiger partial charge >= 0.3 is 6.18 Å². The lowest BCUT2D eigenvalue weighted by Gasteiger charge is -2.16. The molecule has 0 radical (unpaired) electrons. The molecule has 1 atom stereocenters. The maximum Gasteiger partial charge on any atom is 0.416 e. The summed E-state index contributed by atoms with van der Waals surface area (Å²) in [6, 6.07) is 10.0. The average Bonchev–Trinajstić information content (AvgIpc) is 2.73. The second-order valence-corrected chi connectivity index (χ2v) is 7.63. The van der Waals surface area contributed by atoms with Crippen LogP contribution in [-0.4, -0.2) is 20.6 Å². The van der Waals surface area contributed by atoms with Gasteiger partial charge in [-0.3, -0.25) is 19.7 Å². The molecule has 0 bridgehead atoms. The van der Waals surface area contributed by atoms with Gasteiger partial charge in [-0.05, 0) is 42.8 Å². The standard InChI is InChI=1S/C20H14BrF3N4O4/c1-11(12-7-13(20(22,23)24)9-16(8-12)28(31)32)25-19(30)17-5-6-18(29)27(26-17)15-4-2-3-14(21)10-15/h2-11H,1H3,(H,25,30)/t11-/m1/s1. The summed E-state index contributed by atoms with van der Waals surface area (Å²) in [5.41, 5.74) is -2.35. The van der Waals surface area contributed by atoms with E-state index in [1.807, 2.05) is 0 Å². The predicted octanol–water partition coefficient (Wildman–Crippen LogP) is 4.41. The van der Waals surface area contributed by atoms with Crippen molar-refractivity contribution in [3.8, 4) is 5.69 Å². The van der Waals surface area contributed by atoms with E-state index in [2.05, 4.69) is 26.3 Å². The van der Waals surface area contributed by atoms with Crippen molar-refractivity contribution in [1.82, 2.24) is 15.1 Å². The number of alkyl halides is 3. The Hall–Kier alpha value is -3.54. The van der Waals surface area contributed by atoms with Gasteiger partial charge in [-0.1, -0.05) is 22.0 Å². The van der Waals surface area contributed by atoms with Crippen LogP contribution in [0.2, 0.25) is 0 Å². The van der Waals surface area contributed by atoms with Gasteiger partial charge in [-0.25, -0.2) is 0 Å². The van der Waals surface area contributed by atoms with Gasteiger partial charge in [-0.15, -0.1) is 0 Å². The summed E-state index contributed by atoms with van der Waals surface area (Å²) in [5.74, 6) is -0.777. The molecule has 2 aromatic carbocycles. The van der Waals surface area contributed by atoms with Gasteiger partial charge < -0.3 is 5.32 Å². The average molecular weight is 511 g/mol. The number of nitro groups is 1. The number of aromatic nitrogens is 2. The first-order chi connectivity index (χ1) is 15.0. The Morgan fingerprint density at radius 2 is 1.91 bits per heavy atom. The number of hydrogen-bond donors (Lipinski definition) is 1. The number of nitrogens with one attached hydrogen (secondary N) is 1. The third-order valence-electron chi connectivity index (χ3n) is 4.41. The molecule has 1 amide bonds. The van der Waals surface area contributed by atoms with Crippen molar-refractivity contribution < 1.29 is 22.9 Å². The molecule has 8 nitrogen and oxygen atoms in total. The third kappa shape index (κ3) is 5.19. The zero-order valence-electron chi connectivity index (χ0n) is 16.3. The highest BCUT2D eigenvalue weighted by atomic mass is 79.9. The molecule has 0 spiro atoms. The highest BCUT2D eigenvalue weighted by Gasteiger charge is 2.33. The number of halogens is 4. The van der Waals surface area contributed by atoms with Gasteiger partial charge in [0.2, 0.25) is 0 Å². The Morgan fingerprint density at radius 3 is 2.53 bits per heavy atom. The number of rotatable bonds is 5. The van der Waals surface area contributed by atoms with E-state index >= 15 is 0 Å². The minimum Gasteiger partial charge on any atom is -0.344 e. The maximum atomic E-state index is 13.1. The quantitative estimate of drug-likeness (QED) is 0.404. The Labute approximate surface area is 187 Å². The van der Waals surface area contributed by atoms with Crippen molar-refractivity contribution in [3.05, 3.63) is 96.4 Å². The minimum absolute atomic E-state index is 0.111. The lowest BCUT2D eigenvalue weighted by atomic mass is 10.0. The molecule has 0 aliphatic carbocycles. The molecule has 166 valence electrons. The van der Waals surface area contributed by atoms with Crippen LogP contribution in [0.1, 0.15) is 34.6 Å². The van der Waals surface area contributed by atoms with Crippen LogP contribution in [0.5, 0.6) is 0 Å². The van der Waals surface area contributed by atoms with Crippen LogP contribution in [-0.2, 0) is 6.18 Å². The number of nitrogens with zero attached hydrogens (tertiary/aromatic N) is 3. The van der Waals surface area contributed by atoms with E-state index in [1.54, 1.807) is 24.3 Å². The Morgan fingerprint density at radius 1 is 1.19 bits per heavy atom. The lowest BCUT2D eigenvalue weighted by Crippen LogP contribution is -2.30. The fourth-order valence-electron chi connectivity index (χ4n) is 2.83. The molecular formula is C20H14BrF3N4O4. The first-order valence-corrected chi connectivity index (χ1v) is 9.79. The number of hydrogen-bond acceptors (Lipinski definition) is 5. The van der Waals surface area contributed by atoms with E-state index in [1.165, 1.54) is 13.0 Å². The summed E-state index contributed by atoms with van der Waals surface area (Å²) in [5, 5.41) is 17.5. The molecular weight excluding hydrogens is 497 g/mol. The molecule has 0 unspecified atom stereocenters. The fourth-order valence-corrected chi connectivity index (χ4v) is 3.22. The molecule has 0 saturated heterocycles. The molecule has 1 heterocycles. The predicted molar refractivity (Wildman–Crippen MR) is 112 cm³/mol. The molecule has 0 saturated carbocycles. The number of carbonyl (C=O) groups is 1. The molecule has 0 aliphatic heterocycles. The highest BCUT2D eigenvalue weighted by molar-refractivity contribution is 9.10. The summed E-state index contributed by atoms with van der Waals surface area (Å²) in [6.07, 6.45) is -4.80. The first-order valence-electron chi connectivity index (χ1n) is 8.99. The van der Waals surface area contributed by atoms with Crippen LogP contribution in [0.15, 0.2) is 63.9 Å². The third-order valence-corrected chi connectivity index (χ3v) is 4.90. The van der Waals surface area contributed by atoms with Crippen LogP contribution in [0.25, 0.3) is 5.69 Å². The van der Waals surface area contributed by atoms with Crippen LogP contribution >= 0.6 is 15.9 Å². The van der Waals surface area contributed by atoms with E-state index in [-0.39, 0.29) is 11.3 Å². The fraction of sp³-hybridized carbons (Fsp3) is 0.150. The molecule has 3 rings (SSSR count). The molecule has 32 heavy (non-hydrogen) atoms. The summed E-state index contributed by atoms with van der Waals surface area (Å²) in [7, 11) is 0. The SMILES string of the molecule is C[C@@H](NC(=O)c1ccc(=O)n(-c2cccc(Br)c2)n1)c1cc([N+](=O)[O-])cc(C(F)(F)F)c1. The summed E-state index contributed by atoms with van der Waals surface area (Å²) in [4.78, 5) is 34.9.